The van der Waals surface area contributed by atoms with Crippen molar-refractivity contribution in [2.45, 2.75) is 27.7 Å². The Morgan fingerprint density at radius 2 is 0.547 bits per heavy atom. The number of hydrogen-bond acceptors (Lipinski definition) is 1. The zero-order valence-electron chi connectivity index (χ0n) is 30.6. The first-order valence-corrected chi connectivity index (χ1v) is 19.2. The number of benzene rings is 8. The van der Waals surface area contributed by atoms with E-state index in [9.17, 15) is 0 Å². The van der Waals surface area contributed by atoms with Gasteiger partial charge in [-0.3, -0.25) is 0 Å². The van der Waals surface area contributed by atoms with Crippen LogP contribution in [0.15, 0.2) is 170 Å². The van der Waals surface area contributed by atoms with Crippen LogP contribution in [0.1, 0.15) is 22.3 Å². The first-order valence-electron chi connectivity index (χ1n) is 18.4. The summed E-state index contributed by atoms with van der Waals surface area (Å²) in [5.41, 5.74) is 20.4. The topological polar surface area (TPSA) is 0 Å². The molecule has 0 aliphatic carbocycles. The lowest BCUT2D eigenvalue weighted by atomic mass is 9.82. The Bertz CT molecular complexity index is 2450. The molecular formula is C52H40S. The Morgan fingerprint density at radius 3 is 0.830 bits per heavy atom. The highest BCUT2D eigenvalue weighted by Crippen LogP contribution is 2.48. The molecule has 0 spiro atoms. The van der Waals surface area contributed by atoms with Crippen LogP contribution in [-0.2, 0) is 0 Å². The van der Waals surface area contributed by atoms with Gasteiger partial charge in [-0.25, -0.2) is 0 Å². The lowest BCUT2D eigenvalue weighted by molar-refractivity contribution is 1.37. The first-order chi connectivity index (χ1) is 26.0. The van der Waals surface area contributed by atoms with Gasteiger partial charge >= 0.3 is 0 Å². The van der Waals surface area contributed by atoms with Crippen LogP contribution in [0.4, 0.5) is 0 Å². The van der Waals surface area contributed by atoms with E-state index in [1.54, 1.807) is 0 Å². The summed E-state index contributed by atoms with van der Waals surface area (Å²) in [6.07, 6.45) is 0. The number of rotatable bonds is 6. The van der Waals surface area contributed by atoms with Gasteiger partial charge in [0.15, 0.2) is 0 Å². The van der Waals surface area contributed by atoms with Crippen molar-refractivity contribution in [1.29, 1.82) is 0 Å². The van der Waals surface area contributed by atoms with Crippen molar-refractivity contribution in [3.8, 4) is 66.8 Å². The molecule has 0 N–H and O–H groups in total. The minimum absolute atomic E-state index is 1.24. The van der Waals surface area contributed by atoms with Crippen LogP contribution in [0.2, 0.25) is 0 Å². The molecule has 0 atom stereocenters. The molecular weight excluding hydrogens is 657 g/mol. The zero-order chi connectivity index (χ0) is 36.1. The van der Waals surface area contributed by atoms with E-state index in [4.69, 9.17) is 0 Å². The summed E-state index contributed by atoms with van der Waals surface area (Å²) >= 11 is 1.88. The minimum atomic E-state index is 1.24. The van der Waals surface area contributed by atoms with Gasteiger partial charge in [-0.05, 0) is 141 Å². The van der Waals surface area contributed by atoms with Crippen LogP contribution in [-0.4, -0.2) is 0 Å². The molecule has 0 bridgehead atoms. The summed E-state index contributed by atoms with van der Waals surface area (Å²) in [7, 11) is 0. The van der Waals surface area contributed by atoms with Gasteiger partial charge < -0.3 is 0 Å². The SMILES string of the molecule is Cc1cc(C)c(-c2ccccc2)c(-c2ccc3sc4ccc(-c5c(-c6ccccc6)c(C)cc(C)c5-c5ccccc5)cc4c3c2)c1-c1ccccc1. The van der Waals surface area contributed by atoms with E-state index in [2.05, 4.69) is 198 Å². The monoisotopic (exact) mass is 696 g/mol. The van der Waals surface area contributed by atoms with E-state index >= 15 is 0 Å². The van der Waals surface area contributed by atoms with Crippen LogP contribution in [0.5, 0.6) is 0 Å². The maximum atomic E-state index is 2.46. The second-order valence-corrected chi connectivity index (χ2v) is 15.3. The Kier molecular flexibility index (Phi) is 8.38. The quantitative estimate of drug-likeness (QED) is 0.162. The molecule has 0 aliphatic heterocycles. The van der Waals surface area contributed by atoms with Crippen LogP contribution in [0.3, 0.4) is 0 Å². The number of fused-ring (bicyclic) bond motifs is 3. The molecule has 0 radical (unpaired) electrons. The highest BCUT2D eigenvalue weighted by atomic mass is 32.1. The van der Waals surface area contributed by atoms with Crippen LogP contribution < -0.4 is 0 Å². The fourth-order valence-electron chi connectivity index (χ4n) is 8.55. The summed E-state index contributed by atoms with van der Waals surface area (Å²) in [6, 6.07) is 62.6. The molecule has 0 fully saturated rings. The van der Waals surface area contributed by atoms with Crippen LogP contribution >= 0.6 is 11.3 Å². The maximum Gasteiger partial charge on any atom is 0.0355 e. The van der Waals surface area contributed by atoms with E-state index in [1.165, 1.54) is 109 Å². The molecule has 0 amide bonds. The largest absolute Gasteiger partial charge is 0.135 e. The van der Waals surface area contributed by atoms with E-state index < -0.39 is 0 Å². The van der Waals surface area contributed by atoms with E-state index in [-0.39, 0.29) is 0 Å². The molecule has 1 aromatic heterocycles. The van der Waals surface area contributed by atoms with Crippen molar-refractivity contribution in [3.05, 3.63) is 192 Å². The summed E-state index contributed by atoms with van der Waals surface area (Å²) in [6.45, 7) is 9.04. The maximum absolute atomic E-state index is 2.46. The molecule has 9 aromatic rings. The predicted octanol–water partition coefficient (Wildman–Crippen LogP) is 15.3. The summed E-state index contributed by atoms with van der Waals surface area (Å²) in [5.74, 6) is 0. The molecule has 1 heteroatoms. The average Bonchev–Trinajstić information content (AvgIpc) is 3.56. The number of aryl methyl sites for hydroxylation is 4. The third-order valence-electron chi connectivity index (χ3n) is 10.7. The Labute approximate surface area is 316 Å². The minimum Gasteiger partial charge on any atom is -0.135 e. The van der Waals surface area contributed by atoms with E-state index in [1.807, 2.05) is 11.3 Å². The standard InChI is InChI=1S/C52H40S/c1-33-29-34(2)48(38-19-11-6-12-20-38)51(47(33)37-17-9-5-10-18-37)41-25-27-45-43(31-41)44-32-42(26-28-46(44)53-45)52-49(39-21-13-7-14-22-39)35(3)30-36(4)50(52)40-23-15-8-16-24-40/h5-32H,1-4H3. The lowest BCUT2D eigenvalue weighted by Gasteiger charge is -2.22. The molecule has 0 saturated heterocycles. The smallest absolute Gasteiger partial charge is 0.0355 e. The molecule has 1 heterocycles. The highest BCUT2D eigenvalue weighted by Gasteiger charge is 2.22. The van der Waals surface area contributed by atoms with Crippen molar-refractivity contribution < 1.29 is 0 Å². The van der Waals surface area contributed by atoms with E-state index in [0.29, 0.717) is 0 Å². The fraction of sp³-hybridized carbons (Fsp3) is 0.0769. The van der Waals surface area contributed by atoms with Gasteiger partial charge in [-0.2, -0.15) is 0 Å². The third kappa shape index (κ3) is 5.79. The van der Waals surface area contributed by atoms with Gasteiger partial charge in [0, 0.05) is 20.2 Å². The summed E-state index contributed by atoms with van der Waals surface area (Å²) in [4.78, 5) is 0. The van der Waals surface area contributed by atoms with Crippen molar-refractivity contribution in [1.82, 2.24) is 0 Å². The van der Waals surface area contributed by atoms with Gasteiger partial charge in [-0.15, -0.1) is 11.3 Å². The summed E-state index contributed by atoms with van der Waals surface area (Å²) < 4.78 is 2.61. The van der Waals surface area contributed by atoms with Gasteiger partial charge in [0.05, 0.1) is 0 Å². The first kappa shape index (κ1) is 32.9. The fourth-order valence-corrected chi connectivity index (χ4v) is 9.62. The van der Waals surface area contributed by atoms with Gasteiger partial charge in [0.2, 0.25) is 0 Å². The molecule has 53 heavy (non-hydrogen) atoms. The van der Waals surface area contributed by atoms with Gasteiger partial charge in [-0.1, -0.05) is 146 Å². The second kappa shape index (κ2) is 13.5. The predicted molar refractivity (Wildman–Crippen MR) is 231 cm³/mol. The van der Waals surface area contributed by atoms with Crippen molar-refractivity contribution in [2.24, 2.45) is 0 Å². The molecule has 9 rings (SSSR count). The molecule has 0 saturated carbocycles. The number of hydrogen-bond donors (Lipinski definition) is 0. The molecule has 0 unspecified atom stereocenters. The molecule has 0 nitrogen and oxygen atoms in total. The van der Waals surface area contributed by atoms with Crippen LogP contribution in [0.25, 0.3) is 86.9 Å². The number of thiophene rings is 1. The highest BCUT2D eigenvalue weighted by molar-refractivity contribution is 7.25. The normalized spacial score (nSPS) is 11.4. The summed E-state index contributed by atoms with van der Waals surface area (Å²) in [5, 5.41) is 2.60. The third-order valence-corrected chi connectivity index (χ3v) is 11.9. The second-order valence-electron chi connectivity index (χ2n) is 14.3. The lowest BCUT2D eigenvalue weighted by Crippen LogP contribution is -1.97. The Morgan fingerprint density at radius 1 is 0.264 bits per heavy atom. The average molecular weight is 697 g/mol. The van der Waals surface area contributed by atoms with Gasteiger partial charge in [0.1, 0.15) is 0 Å². The van der Waals surface area contributed by atoms with E-state index in [0.717, 1.165) is 0 Å². The molecule has 0 aliphatic rings. The van der Waals surface area contributed by atoms with Crippen LogP contribution in [0, 0.1) is 27.7 Å². The zero-order valence-corrected chi connectivity index (χ0v) is 31.4. The molecule has 8 aromatic carbocycles. The Hall–Kier alpha value is -6.02. The molecule has 254 valence electrons. The van der Waals surface area contributed by atoms with Crippen molar-refractivity contribution >= 4 is 31.5 Å². The Balaban J connectivity index is 1.33. The van der Waals surface area contributed by atoms with Gasteiger partial charge in [0.25, 0.3) is 0 Å². The van der Waals surface area contributed by atoms with Crippen molar-refractivity contribution in [2.75, 3.05) is 0 Å². The van der Waals surface area contributed by atoms with Crippen molar-refractivity contribution in [3.63, 3.8) is 0 Å².